The molecule has 2 N–H and O–H groups in total. The van der Waals surface area contributed by atoms with Crippen LogP contribution in [-0.4, -0.2) is 32.3 Å². The Bertz CT molecular complexity index is 1080. The van der Waals surface area contributed by atoms with Gasteiger partial charge < -0.3 is 15.2 Å². The largest absolute Gasteiger partial charge is 0.345 e. The maximum Gasteiger partial charge on any atom is 0.253 e. The van der Waals surface area contributed by atoms with Crippen molar-refractivity contribution in [2.75, 3.05) is 11.1 Å². The lowest BCUT2D eigenvalue weighted by atomic mass is 10.2. The molecule has 2 amide bonds. The first-order valence-corrected chi connectivity index (χ1v) is 10.9. The van der Waals surface area contributed by atoms with E-state index in [0.29, 0.717) is 28.1 Å². The average molecular weight is 456 g/mol. The summed E-state index contributed by atoms with van der Waals surface area (Å²) >= 11 is 7.34. The molecule has 3 aromatic rings. The highest BCUT2D eigenvalue weighted by atomic mass is 35.5. The monoisotopic (exact) mass is 455 g/mol. The van der Waals surface area contributed by atoms with Crippen molar-refractivity contribution in [3.63, 3.8) is 0 Å². The minimum absolute atomic E-state index is 0.143. The molecule has 0 bridgehead atoms. The van der Waals surface area contributed by atoms with Gasteiger partial charge in [-0.3, -0.25) is 9.59 Å². The highest BCUT2D eigenvalue weighted by Crippen LogP contribution is 2.19. The van der Waals surface area contributed by atoms with Crippen LogP contribution in [0.5, 0.6) is 0 Å². The smallest absolute Gasteiger partial charge is 0.253 e. The van der Waals surface area contributed by atoms with Gasteiger partial charge in [0.05, 0.1) is 22.9 Å². The van der Waals surface area contributed by atoms with Crippen LogP contribution in [-0.2, 0) is 17.9 Å². The van der Waals surface area contributed by atoms with Crippen molar-refractivity contribution in [1.82, 2.24) is 20.1 Å². The van der Waals surface area contributed by atoms with E-state index in [1.54, 1.807) is 30.3 Å². The number of nitrogens with one attached hydrogen (secondary N) is 2. The topological polar surface area (TPSA) is 88.9 Å². The third-order valence-corrected chi connectivity index (χ3v) is 5.59. The van der Waals surface area contributed by atoms with E-state index in [9.17, 15) is 9.59 Å². The van der Waals surface area contributed by atoms with E-state index in [1.807, 2.05) is 35.8 Å². The summed E-state index contributed by atoms with van der Waals surface area (Å²) in [5.41, 5.74) is 2.26. The fourth-order valence-corrected chi connectivity index (χ4v) is 3.72. The molecule has 0 aliphatic rings. The van der Waals surface area contributed by atoms with E-state index in [0.717, 1.165) is 11.3 Å². The molecule has 0 aliphatic heterocycles. The zero-order chi connectivity index (χ0) is 22.2. The van der Waals surface area contributed by atoms with E-state index < -0.39 is 0 Å². The number of carbonyl (C=O) groups is 2. The Kier molecular flexibility index (Phi) is 7.86. The molecule has 1 heterocycles. The van der Waals surface area contributed by atoms with Crippen molar-refractivity contribution in [3.05, 3.63) is 83.2 Å². The second-order valence-electron chi connectivity index (χ2n) is 6.66. The van der Waals surface area contributed by atoms with Crippen molar-refractivity contribution in [2.24, 2.45) is 0 Å². The number of rotatable bonds is 9. The quantitative estimate of drug-likeness (QED) is 0.375. The molecule has 0 unspecified atom stereocenters. The molecule has 7 nitrogen and oxygen atoms in total. The van der Waals surface area contributed by atoms with Gasteiger partial charge in [0.1, 0.15) is 0 Å². The second kappa shape index (κ2) is 10.8. The lowest BCUT2D eigenvalue weighted by Gasteiger charge is -2.09. The van der Waals surface area contributed by atoms with Crippen LogP contribution in [0.2, 0.25) is 5.02 Å². The third-order valence-electron chi connectivity index (χ3n) is 4.30. The Hall–Kier alpha value is -3.10. The highest BCUT2D eigenvalue weighted by Gasteiger charge is 2.16. The Labute approximate surface area is 189 Å². The third kappa shape index (κ3) is 6.19. The molecule has 2 aromatic carbocycles. The van der Waals surface area contributed by atoms with Gasteiger partial charge in [-0.25, -0.2) is 0 Å². The van der Waals surface area contributed by atoms with Crippen molar-refractivity contribution in [1.29, 1.82) is 0 Å². The number of anilines is 1. The number of aromatic nitrogens is 3. The van der Waals surface area contributed by atoms with Crippen LogP contribution in [0.4, 0.5) is 5.69 Å². The molecular weight excluding hydrogens is 434 g/mol. The van der Waals surface area contributed by atoms with E-state index >= 15 is 0 Å². The second-order valence-corrected chi connectivity index (χ2v) is 8.01. The molecule has 9 heteroatoms. The number of benzene rings is 2. The summed E-state index contributed by atoms with van der Waals surface area (Å²) < 4.78 is 1.81. The van der Waals surface area contributed by atoms with E-state index in [2.05, 4.69) is 27.4 Å². The minimum Gasteiger partial charge on any atom is -0.345 e. The summed E-state index contributed by atoms with van der Waals surface area (Å²) in [5, 5.41) is 14.9. The first kappa shape index (κ1) is 22.6. The number of nitrogens with zero attached hydrogens (tertiary/aromatic N) is 3. The summed E-state index contributed by atoms with van der Waals surface area (Å²) in [6.07, 6.45) is 1.71. The first-order valence-electron chi connectivity index (χ1n) is 9.53. The van der Waals surface area contributed by atoms with Gasteiger partial charge in [0, 0.05) is 12.2 Å². The zero-order valence-corrected chi connectivity index (χ0v) is 18.5. The molecule has 0 saturated carbocycles. The van der Waals surface area contributed by atoms with Gasteiger partial charge in [0.15, 0.2) is 11.0 Å². The molecule has 3 rings (SSSR count). The van der Waals surface area contributed by atoms with Crippen LogP contribution >= 0.6 is 23.4 Å². The fourth-order valence-electron chi connectivity index (χ4n) is 2.73. The highest BCUT2D eigenvalue weighted by molar-refractivity contribution is 7.99. The van der Waals surface area contributed by atoms with Gasteiger partial charge in [-0.1, -0.05) is 59.3 Å². The Morgan fingerprint density at radius 1 is 1.16 bits per heavy atom. The lowest BCUT2D eigenvalue weighted by molar-refractivity contribution is -0.113. The van der Waals surface area contributed by atoms with E-state index in [1.165, 1.54) is 11.8 Å². The number of carbonyl (C=O) groups excluding carboxylic acids is 2. The molecule has 31 heavy (non-hydrogen) atoms. The van der Waals surface area contributed by atoms with Crippen LogP contribution in [0.3, 0.4) is 0 Å². The fraction of sp³-hybridized carbons (Fsp3) is 0.182. The SMILES string of the molecule is C=CCn1c(CNC(=O)c2ccccc2Cl)nnc1SCC(=O)Nc1ccc(C)cc1. The normalized spacial score (nSPS) is 10.5. The number of amides is 2. The Morgan fingerprint density at radius 2 is 1.90 bits per heavy atom. The number of halogens is 1. The van der Waals surface area contributed by atoms with Gasteiger partial charge in [-0.15, -0.1) is 16.8 Å². The Morgan fingerprint density at radius 3 is 2.61 bits per heavy atom. The number of hydrogen-bond acceptors (Lipinski definition) is 5. The van der Waals surface area contributed by atoms with Crippen molar-refractivity contribution >= 4 is 40.9 Å². The predicted octanol–water partition coefficient (Wildman–Crippen LogP) is 4.09. The predicted molar refractivity (Wildman–Crippen MR) is 123 cm³/mol. The number of thioether (sulfide) groups is 1. The molecule has 160 valence electrons. The van der Waals surface area contributed by atoms with Crippen LogP contribution in [0.1, 0.15) is 21.7 Å². The summed E-state index contributed by atoms with van der Waals surface area (Å²) in [5.74, 6) is 0.289. The van der Waals surface area contributed by atoms with Crippen LogP contribution in [0.25, 0.3) is 0 Å². The van der Waals surface area contributed by atoms with Crippen LogP contribution in [0.15, 0.2) is 66.3 Å². The van der Waals surface area contributed by atoms with Crippen molar-refractivity contribution in [2.45, 2.75) is 25.2 Å². The number of hydrogen-bond donors (Lipinski definition) is 2. The van der Waals surface area contributed by atoms with E-state index in [4.69, 9.17) is 11.6 Å². The first-order chi connectivity index (χ1) is 15.0. The molecule has 1 aromatic heterocycles. The molecule has 0 radical (unpaired) electrons. The molecule has 0 spiro atoms. The van der Waals surface area contributed by atoms with Crippen molar-refractivity contribution < 1.29 is 9.59 Å². The van der Waals surface area contributed by atoms with Gasteiger partial charge in [0.2, 0.25) is 5.91 Å². The number of aryl methyl sites for hydroxylation is 1. The molecule has 0 saturated heterocycles. The van der Waals surface area contributed by atoms with Gasteiger partial charge >= 0.3 is 0 Å². The molecule has 0 atom stereocenters. The lowest BCUT2D eigenvalue weighted by Crippen LogP contribution is -2.25. The zero-order valence-electron chi connectivity index (χ0n) is 17.0. The summed E-state index contributed by atoms with van der Waals surface area (Å²) in [7, 11) is 0. The summed E-state index contributed by atoms with van der Waals surface area (Å²) in [4.78, 5) is 24.7. The molecule has 0 fully saturated rings. The van der Waals surface area contributed by atoms with Crippen LogP contribution in [0, 0.1) is 6.92 Å². The van der Waals surface area contributed by atoms with Gasteiger partial charge in [-0.2, -0.15) is 0 Å². The standard InChI is InChI=1S/C22H22ClN5O2S/c1-3-12-28-19(13-24-21(30)17-6-4-5-7-18(17)23)26-27-22(28)31-14-20(29)25-16-10-8-15(2)9-11-16/h3-11H,1,12-14H2,2H3,(H,24,30)(H,25,29). The minimum atomic E-state index is -0.301. The van der Waals surface area contributed by atoms with Gasteiger partial charge in [-0.05, 0) is 31.2 Å². The maximum absolute atomic E-state index is 12.4. The molecular formula is C22H22ClN5O2S. The van der Waals surface area contributed by atoms with Gasteiger partial charge in [0.25, 0.3) is 5.91 Å². The number of allylic oxidation sites excluding steroid dienone is 1. The van der Waals surface area contributed by atoms with Crippen LogP contribution < -0.4 is 10.6 Å². The van der Waals surface area contributed by atoms with Crippen molar-refractivity contribution in [3.8, 4) is 0 Å². The molecule has 0 aliphatic carbocycles. The summed E-state index contributed by atoms with van der Waals surface area (Å²) in [6, 6.07) is 14.4. The Balaban J connectivity index is 1.61. The average Bonchev–Trinajstić information content (AvgIpc) is 3.14. The van der Waals surface area contributed by atoms with E-state index in [-0.39, 0.29) is 24.1 Å². The summed E-state index contributed by atoms with van der Waals surface area (Å²) in [6.45, 7) is 6.37. The maximum atomic E-state index is 12.4.